The van der Waals surface area contributed by atoms with E-state index in [0.717, 1.165) is 11.3 Å². The van der Waals surface area contributed by atoms with E-state index in [1.165, 1.54) is 16.7 Å². The quantitative estimate of drug-likeness (QED) is 0.383. The predicted molar refractivity (Wildman–Crippen MR) is 156 cm³/mol. The number of thiazole rings is 1. The molecule has 6 rings (SSSR count). The van der Waals surface area contributed by atoms with E-state index in [-0.39, 0.29) is 29.2 Å². The third-order valence-corrected chi connectivity index (χ3v) is 9.90. The molecule has 4 heterocycles. The molecular formula is C29H29N3O8S2. The number of aromatic nitrogens is 1. The fourth-order valence-corrected chi connectivity index (χ4v) is 8.03. The summed E-state index contributed by atoms with van der Waals surface area (Å²) in [7, 11) is 1.55. The monoisotopic (exact) mass is 611 g/mol. The Hall–Kier alpha value is -3.81. The average Bonchev–Trinajstić information content (AvgIpc) is 3.50. The highest BCUT2D eigenvalue weighted by atomic mass is 32.2. The number of methoxy groups -OCH3 is 1. The number of benzene rings is 2. The lowest BCUT2D eigenvalue weighted by Gasteiger charge is -2.30. The second kappa shape index (κ2) is 11.8. The molecule has 1 aromatic heterocycles. The van der Waals surface area contributed by atoms with Gasteiger partial charge in [-0.25, -0.2) is 4.90 Å². The molecule has 2 saturated heterocycles. The lowest BCUT2D eigenvalue weighted by atomic mass is 9.83. The van der Waals surface area contributed by atoms with Crippen molar-refractivity contribution in [3.63, 3.8) is 0 Å². The maximum atomic E-state index is 14.0. The Morgan fingerprint density at radius 1 is 1.02 bits per heavy atom. The van der Waals surface area contributed by atoms with E-state index in [4.69, 9.17) is 18.9 Å². The van der Waals surface area contributed by atoms with Gasteiger partial charge in [-0.1, -0.05) is 29.2 Å². The second-order valence-corrected chi connectivity index (χ2v) is 12.0. The van der Waals surface area contributed by atoms with Crippen LogP contribution in [0, 0.1) is 5.92 Å². The fraction of sp³-hybridized carbons (Fsp3) is 0.379. The Morgan fingerprint density at radius 2 is 1.79 bits per heavy atom. The van der Waals surface area contributed by atoms with Crippen molar-refractivity contribution in [2.75, 3.05) is 51.5 Å². The minimum Gasteiger partial charge on any atom is -0.497 e. The Labute approximate surface area is 249 Å². The number of thioether (sulfide) groups is 1. The number of ether oxygens (including phenoxy) is 4. The molecule has 2 unspecified atom stereocenters. The van der Waals surface area contributed by atoms with E-state index >= 15 is 0 Å². The molecule has 0 radical (unpaired) electrons. The van der Waals surface area contributed by atoms with Gasteiger partial charge in [0.25, 0.3) is 5.91 Å². The molecule has 0 saturated carbocycles. The van der Waals surface area contributed by atoms with Crippen LogP contribution in [-0.4, -0.2) is 79.5 Å². The Kier molecular flexibility index (Phi) is 7.97. The van der Waals surface area contributed by atoms with Gasteiger partial charge >= 0.3 is 4.87 Å². The van der Waals surface area contributed by atoms with Crippen LogP contribution in [-0.2, 0) is 19.1 Å². The fourth-order valence-electron chi connectivity index (χ4n) is 5.51. The van der Waals surface area contributed by atoms with Crippen molar-refractivity contribution in [2.24, 2.45) is 5.92 Å². The summed E-state index contributed by atoms with van der Waals surface area (Å²) in [5, 5.41) is -0.136. The maximum absolute atomic E-state index is 14.0. The number of nitrogens with one attached hydrogen (secondary N) is 1. The van der Waals surface area contributed by atoms with Gasteiger partial charge in [0.05, 0.1) is 43.6 Å². The van der Waals surface area contributed by atoms with Crippen LogP contribution in [0.5, 0.6) is 17.2 Å². The van der Waals surface area contributed by atoms with E-state index in [1.807, 2.05) is 6.92 Å². The van der Waals surface area contributed by atoms with Crippen molar-refractivity contribution in [2.45, 2.75) is 23.1 Å². The number of morpholine rings is 1. The minimum absolute atomic E-state index is 0.146. The molecule has 2 fully saturated rings. The number of rotatable bonds is 8. The summed E-state index contributed by atoms with van der Waals surface area (Å²) in [5.74, 6) is -0.728. The summed E-state index contributed by atoms with van der Waals surface area (Å²) in [5.41, 5.74) is 1.16. The smallest absolute Gasteiger partial charge is 0.305 e. The number of H-pyrrole nitrogens is 1. The number of imide groups is 1. The normalized spacial score (nSPS) is 21.6. The highest BCUT2D eigenvalue weighted by molar-refractivity contribution is 8.00. The number of hydrogen-bond donors (Lipinski definition) is 1. The number of carbonyl (C=O) groups is 3. The highest BCUT2D eigenvalue weighted by Gasteiger charge is 2.56. The van der Waals surface area contributed by atoms with Crippen LogP contribution in [0.4, 0.5) is 5.69 Å². The summed E-state index contributed by atoms with van der Waals surface area (Å²) in [6.07, 6.45) is 0. The van der Waals surface area contributed by atoms with Crippen molar-refractivity contribution in [3.8, 4) is 17.2 Å². The number of nitrogens with zero attached hydrogens (tertiary/aromatic N) is 2. The van der Waals surface area contributed by atoms with E-state index in [0.29, 0.717) is 71.3 Å². The van der Waals surface area contributed by atoms with Crippen LogP contribution in [0.3, 0.4) is 0 Å². The first-order valence-electron chi connectivity index (χ1n) is 13.6. The molecule has 220 valence electrons. The Bertz CT molecular complexity index is 1560. The van der Waals surface area contributed by atoms with Gasteiger partial charge in [-0.05, 0) is 48.9 Å². The Balaban J connectivity index is 1.33. The first-order chi connectivity index (χ1) is 20.4. The molecular weight excluding hydrogens is 582 g/mol. The van der Waals surface area contributed by atoms with Crippen molar-refractivity contribution in [1.82, 2.24) is 9.88 Å². The molecule has 0 spiro atoms. The minimum atomic E-state index is -0.743. The van der Waals surface area contributed by atoms with Gasteiger partial charge in [-0.2, -0.15) is 0 Å². The SMILES string of the molecule is CCOc1cc([C@H]2c3sc(=O)[nH]c3SC3C(=O)N(c4ccc(OC)cc4)C(=O)C32)ccc1OCC(=O)N1CCOCC1. The van der Waals surface area contributed by atoms with E-state index in [1.54, 1.807) is 54.5 Å². The Morgan fingerprint density at radius 3 is 2.50 bits per heavy atom. The lowest BCUT2D eigenvalue weighted by Crippen LogP contribution is -2.43. The molecule has 3 aliphatic heterocycles. The van der Waals surface area contributed by atoms with Crippen LogP contribution in [0.2, 0.25) is 0 Å². The molecule has 3 atom stereocenters. The second-order valence-electron chi connectivity index (χ2n) is 9.88. The molecule has 0 bridgehead atoms. The molecule has 2 aromatic carbocycles. The highest BCUT2D eigenvalue weighted by Crippen LogP contribution is 2.53. The number of hydrogen-bond acceptors (Lipinski definition) is 10. The number of anilines is 1. The van der Waals surface area contributed by atoms with Gasteiger partial charge in [-0.3, -0.25) is 19.2 Å². The molecule has 3 amide bonds. The summed E-state index contributed by atoms with van der Waals surface area (Å²) >= 11 is 2.26. The third kappa shape index (κ3) is 5.16. The number of amides is 3. The van der Waals surface area contributed by atoms with Gasteiger partial charge in [0.1, 0.15) is 11.0 Å². The van der Waals surface area contributed by atoms with Gasteiger partial charge in [0.15, 0.2) is 18.1 Å². The average molecular weight is 612 g/mol. The number of fused-ring (bicyclic) bond motifs is 2. The third-order valence-electron chi connectivity index (χ3n) is 7.50. The van der Waals surface area contributed by atoms with E-state index < -0.39 is 17.1 Å². The van der Waals surface area contributed by atoms with Crippen molar-refractivity contribution in [1.29, 1.82) is 0 Å². The van der Waals surface area contributed by atoms with Gasteiger partial charge in [0, 0.05) is 23.9 Å². The summed E-state index contributed by atoms with van der Waals surface area (Å²) in [6, 6.07) is 12.1. The summed E-state index contributed by atoms with van der Waals surface area (Å²) < 4.78 is 22.3. The van der Waals surface area contributed by atoms with Crippen molar-refractivity contribution < 1.29 is 33.3 Å². The molecule has 3 aromatic rings. The predicted octanol–water partition coefficient (Wildman–Crippen LogP) is 2.88. The topological polar surface area (TPSA) is 127 Å². The molecule has 0 aliphatic carbocycles. The van der Waals surface area contributed by atoms with Crippen molar-refractivity contribution >= 4 is 46.5 Å². The molecule has 3 aliphatic rings. The van der Waals surface area contributed by atoms with Crippen molar-refractivity contribution in [3.05, 3.63) is 62.6 Å². The summed E-state index contributed by atoms with van der Waals surface area (Å²) in [6.45, 7) is 4.05. The first-order valence-corrected chi connectivity index (χ1v) is 15.3. The molecule has 42 heavy (non-hydrogen) atoms. The van der Waals surface area contributed by atoms with Gasteiger partial charge in [0.2, 0.25) is 11.8 Å². The lowest BCUT2D eigenvalue weighted by molar-refractivity contribution is -0.137. The number of carbonyl (C=O) groups excluding carboxylic acids is 3. The maximum Gasteiger partial charge on any atom is 0.305 e. The van der Waals surface area contributed by atoms with Gasteiger partial charge in [-0.15, -0.1) is 0 Å². The summed E-state index contributed by atoms with van der Waals surface area (Å²) in [4.78, 5) is 59.0. The van der Waals surface area contributed by atoms with E-state index in [2.05, 4.69) is 4.98 Å². The van der Waals surface area contributed by atoms with Crippen LogP contribution in [0.15, 0.2) is 52.3 Å². The van der Waals surface area contributed by atoms with Crippen LogP contribution in [0.1, 0.15) is 23.3 Å². The zero-order chi connectivity index (χ0) is 29.4. The molecule has 1 N–H and O–H groups in total. The first kappa shape index (κ1) is 28.3. The number of aromatic amines is 1. The molecule has 13 heteroatoms. The zero-order valence-electron chi connectivity index (χ0n) is 23.0. The molecule has 11 nitrogen and oxygen atoms in total. The van der Waals surface area contributed by atoms with Crippen LogP contribution in [0.25, 0.3) is 0 Å². The standard InChI is InChI=1S/C29H29N3O8S2/c1-3-39-20-14-16(4-9-19(20)40-15-21(33)31-10-12-38-13-11-31)22-23-25(41-26-24(22)42-29(36)30-26)28(35)32(27(23)34)17-5-7-18(37-2)8-6-17/h4-9,14,22-23,25H,3,10-13,15H2,1-2H3,(H,30,36)/t22-,23?,25?/m1/s1. The zero-order valence-corrected chi connectivity index (χ0v) is 24.6. The van der Waals surface area contributed by atoms with E-state index in [9.17, 15) is 19.2 Å². The largest absolute Gasteiger partial charge is 0.497 e. The van der Waals surface area contributed by atoms with Crippen LogP contribution >= 0.6 is 23.1 Å². The van der Waals surface area contributed by atoms with Crippen LogP contribution < -0.4 is 24.0 Å². The van der Waals surface area contributed by atoms with Gasteiger partial charge < -0.3 is 28.8 Å².